The lowest BCUT2D eigenvalue weighted by Gasteiger charge is -2.22. The fourth-order valence-corrected chi connectivity index (χ4v) is 2.18. The van der Waals surface area contributed by atoms with Gasteiger partial charge in [-0.2, -0.15) is 0 Å². The van der Waals surface area contributed by atoms with E-state index < -0.39 is 0 Å². The summed E-state index contributed by atoms with van der Waals surface area (Å²) in [5, 5.41) is 6.96. The van der Waals surface area contributed by atoms with Crippen LogP contribution in [0, 0.1) is 0 Å². The minimum atomic E-state index is -0.0989. The van der Waals surface area contributed by atoms with Gasteiger partial charge in [-0.3, -0.25) is 4.79 Å². The number of anilines is 1. The smallest absolute Gasteiger partial charge is 0.241 e. The molecule has 1 fully saturated rings. The summed E-state index contributed by atoms with van der Waals surface area (Å²) in [6.07, 6.45) is 3.11. The molecular formula is C12H15Cl3N2O. The Morgan fingerprint density at radius 2 is 2.06 bits per heavy atom. The summed E-state index contributed by atoms with van der Waals surface area (Å²) in [7, 11) is 0. The van der Waals surface area contributed by atoms with Gasteiger partial charge in [0.15, 0.2) is 0 Å². The van der Waals surface area contributed by atoms with Crippen LogP contribution in [0.15, 0.2) is 18.2 Å². The number of hydrogen-bond acceptors (Lipinski definition) is 2. The number of benzene rings is 1. The van der Waals surface area contributed by atoms with Gasteiger partial charge < -0.3 is 10.6 Å². The number of hydrogen-bond donors (Lipinski definition) is 2. The third-order valence-electron chi connectivity index (χ3n) is 2.81. The predicted molar refractivity (Wildman–Crippen MR) is 78.0 cm³/mol. The molecule has 18 heavy (non-hydrogen) atoms. The summed E-state index contributed by atoms with van der Waals surface area (Å²) in [5.74, 6) is -0.0110. The van der Waals surface area contributed by atoms with Gasteiger partial charge in [0.2, 0.25) is 5.91 Å². The monoisotopic (exact) mass is 308 g/mol. The summed E-state index contributed by atoms with van der Waals surface area (Å²) >= 11 is 11.7. The number of rotatable bonds is 2. The van der Waals surface area contributed by atoms with Crippen LogP contribution in [0.4, 0.5) is 5.69 Å². The SMILES string of the molecule is Cl.O=C(Nc1ccc(Cl)c(Cl)c1)[C@H]1CCCCN1. The van der Waals surface area contributed by atoms with Gasteiger partial charge >= 0.3 is 0 Å². The Morgan fingerprint density at radius 3 is 2.67 bits per heavy atom. The van der Waals surface area contributed by atoms with Crippen molar-refractivity contribution in [1.82, 2.24) is 5.32 Å². The fraction of sp³-hybridized carbons (Fsp3) is 0.417. The summed E-state index contributed by atoms with van der Waals surface area (Å²) in [5.41, 5.74) is 0.678. The summed E-state index contributed by atoms with van der Waals surface area (Å²) in [4.78, 5) is 11.9. The van der Waals surface area contributed by atoms with E-state index in [0.29, 0.717) is 15.7 Å². The lowest BCUT2D eigenvalue weighted by molar-refractivity contribution is -0.118. The molecule has 2 rings (SSSR count). The molecule has 0 radical (unpaired) electrons. The summed E-state index contributed by atoms with van der Waals surface area (Å²) < 4.78 is 0. The van der Waals surface area contributed by atoms with E-state index in [1.807, 2.05) is 0 Å². The van der Waals surface area contributed by atoms with Crippen molar-refractivity contribution >= 4 is 47.2 Å². The third-order valence-corrected chi connectivity index (χ3v) is 3.55. The number of piperidine rings is 1. The van der Waals surface area contributed by atoms with E-state index in [0.717, 1.165) is 25.8 Å². The van der Waals surface area contributed by atoms with Gasteiger partial charge in [-0.15, -0.1) is 12.4 Å². The first-order valence-electron chi connectivity index (χ1n) is 5.66. The van der Waals surface area contributed by atoms with Crippen LogP contribution in [0.2, 0.25) is 10.0 Å². The van der Waals surface area contributed by atoms with E-state index in [2.05, 4.69) is 10.6 Å². The zero-order valence-electron chi connectivity index (χ0n) is 9.71. The van der Waals surface area contributed by atoms with Crippen LogP contribution in [-0.2, 0) is 4.79 Å². The molecule has 1 aliphatic heterocycles. The highest BCUT2D eigenvalue weighted by Gasteiger charge is 2.20. The Kier molecular flexibility index (Phi) is 6.22. The van der Waals surface area contributed by atoms with Gasteiger partial charge in [-0.1, -0.05) is 29.6 Å². The molecule has 0 saturated carbocycles. The molecule has 1 heterocycles. The number of carbonyl (C=O) groups is 1. The number of amides is 1. The average molecular weight is 310 g/mol. The zero-order chi connectivity index (χ0) is 12.3. The second-order valence-corrected chi connectivity index (χ2v) is 4.94. The van der Waals surface area contributed by atoms with Crippen molar-refractivity contribution in [3.8, 4) is 0 Å². The Bertz CT molecular complexity index is 420. The van der Waals surface area contributed by atoms with Gasteiger partial charge in [0.05, 0.1) is 16.1 Å². The summed E-state index contributed by atoms with van der Waals surface area (Å²) in [6, 6.07) is 4.98. The maximum absolute atomic E-state index is 11.9. The molecule has 1 saturated heterocycles. The standard InChI is InChI=1S/C12H14Cl2N2O.ClH/c13-9-5-4-8(7-10(9)14)16-12(17)11-3-1-2-6-15-11;/h4-5,7,11,15H,1-3,6H2,(H,16,17);1H/t11-;/m1./s1. The second kappa shape index (κ2) is 7.19. The van der Waals surface area contributed by atoms with Crippen LogP contribution in [0.1, 0.15) is 19.3 Å². The van der Waals surface area contributed by atoms with Crippen LogP contribution in [0.25, 0.3) is 0 Å². The van der Waals surface area contributed by atoms with Crippen molar-refractivity contribution in [3.05, 3.63) is 28.2 Å². The topological polar surface area (TPSA) is 41.1 Å². The highest BCUT2D eigenvalue weighted by Crippen LogP contribution is 2.25. The largest absolute Gasteiger partial charge is 0.325 e. The molecule has 1 aromatic carbocycles. The van der Waals surface area contributed by atoms with Crippen LogP contribution in [0.5, 0.6) is 0 Å². The maximum atomic E-state index is 11.9. The van der Waals surface area contributed by atoms with Crippen LogP contribution in [0.3, 0.4) is 0 Å². The van der Waals surface area contributed by atoms with E-state index in [-0.39, 0.29) is 24.4 Å². The molecule has 2 N–H and O–H groups in total. The molecule has 1 atom stereocenters. The Hall–Kier alpha value is -0.480. The van der Waals surface area contributed by atoms with E-state index >= 15 is 0 Å². The maximum Gasteiger partial charge on any atom is 0.241 e. The van der Waals surface area contributed by atoms with Crippen molar-refractivity contribution in [2.45, 2.75) is 25.3 Å². The Labute approximate surface area is 123 Å². The first-order chi connectivity index (χ1) is 8.16. The zero-order valence-corrected chi connectivity index (χ0v) is 12.0. The minimum absolute atomic E-state index is 0. The van der Waals surface area contributed by atoms with Crippen molar-refractivity contribution in [2.75, 3.05) is 11.9 Å². The van der Waals surface area contributed by atoms with E-state index in [1.165, 1.54) is 0 Å². The molecule has 0 spiro atoms. The van der Waals surface area contributed by atoms with Gasteiger partial charge in [0.1, 0.15) is 0 Å². The molecule has 3 nitrogen and oxygen atoms in total. The van der Waals surface area contributed by atoms with E-state index in [9.17, 15) is 4.79 Å². The van der Waals surface area contributed by atoms with Crippen LogP contribution in [-0.4, -0.2) is 18.5 Å². The van der Waals surface area contributed by atoms with Gasteiger partial charge in [-0.25, -0.2) is 0 Å². The molecule has 1 aromatic rings. The lowest BCUT2D eigenvalue weighted by Crippen LogP contribution is -2.43. The molecule has 0 aromatic heterocycles. The predicted octanol–water partition coefficient (Wildman–Crippen LogP) is 3.50. The highest BCUT2D eigenvalue weighted by molar-refractivity contribution is 6.42. The second-order valence-electron chi connectivity index (χ2n) is 4.12. The van der Waals surface area contributed by atoms with Crippen molar-refractivity contribution < 1.29 is 4.79 Å². The first-order valence-corrected chi connectivity index (χ1v) is 6.42. The molecule has 100 valence electrons. The van der Waals surface area contributed by atoms with Crippen molar-refractivity contribution in [3.63, 3.8) is 0 Å². The molecule has 1 aliphatic rings. The molecule has 0 unspecified atom stereocenters. The van der Waals surface area contributed by atoms with E-state index in [1.54, 1.807) is 18.2 Å². The molecular weight excluding hydrogens is 295 g/mol. The van der Waals surface area contributed by atoms with Crippen LogP contribution >= 0.6 is 35.6 Å². The molecule has 1 amide bonds. The quantitative estimate of drug-likeness (QED) is 0.878. The highest BCUT2D eigenvalue weighted by atomic mass is 35.5. The fourth-order valence-electron chi connectivity index (χ4n) is 1.88. The number of halogens is 3. The van der Waals surface area contributed by atoms with Crippen molar-refractivity contribution in [2.24, 2.45) is 0 Å². The van der Waals surface area contributed by atoms with E-state index in [4.69, 9.17) is 23.2 Å². The summed E-state index contributed by atoms with van der Waals surface area (Å²) in [6.45, 7) is 0.902. The van der Waals surface area contributed by atoms with Crippen LogP contribution < -0.4 is 10.6 Å². The number of nitrogens with one attached hydrogen (secondary N) is 2. The van der Waals surface area contributed by atoms with Gasteiger partial charge in [0, 0.05) is 5.69 Å². The first kappa shape index (κ1) is 15.6. The lowest BCUT2D eigenvalue weighted by atomic mass is 10.0. The van der Waals surface area contributed by atoms with Gasteiger partial charge in [-0.05, 0) is 37.6 Å². The van der Waals surface area contributed by atoms with Gasteiger partial charge in [0.25, 0.3) is 0 Å². The minimum Gasteiger partial charge on any atom is -0.325 e. The molecule has 0 aliphatic carbocycles. The Morgan fingerprint density at radius 1 is 1.28 bits per heavy atom. The normalized spacial score (nSPS) is 18.9. The van der Waals surface area contributed by atoms with Crippen molar-refractivity contribution in [1.29, 1.82) is 0 Å². The third kappa shape index (κ3) is 4.02. The molecule has 0 bridgehead atoms. The number of carbonyl (C=O) groups excluding carboxylic acids is 1. The molecule has 6 heteroatoms. The average Bonchev–Trinajstić information content (AvgIpc) is 2.35. The Balaban J connectivity index is 0.00000162.